The van der Waals surface area contributed by atoms with Crippen molar-refractivity contribution in [2.24, 2.45) is 0 Å². The van der Waals surface area contributed by atoms with Gasteiger partial charge in [0.25, 0.3) is 0 Å². The lowest BCUT2D eigenvalue weighted by molar-refractivity contribution is 0.282. The molecule has 0 aliphatic carbocycles. The van der Waals surface area contributed by atoms with Crippen LogP contribution in [0, 0.1) is 0 Å². The Labute approximate surface area is 81.4 Å². The summed E-state index contributed by atoms with van der Waals surface area (Å²) in [6, 6.07) is 4.98. The fourth-order valence-electron chi connectivity index (χ4n) is 0.702. The smallest absolute Gasteiger partial charge is 0.0682 e. The number of hydrogen-bond acceptors (Lipinski definition) is 1. The van der Waals surface area contributed by atoms with E-state index in [1.165, 1.54) is 0 Å². The van der Waals surface area contributed by atoms with Crippen molar-refractivity contribution in [1.29, 1.82) is 0 Å². The number of aliphatic hydroxyl groups is 1. The van der Waals surface area contributed by atoms with Crippen LogP contribution in [0.3, 0.4) is 0 Å². The first-order valence-electron chi connectivity index (χ1n) is 2.78. The molecule has 1 aromatic rings. The molecule has 0 unspecified atom stereocenters. The first kappa shape index (κ1) is 11.1. The topological polar surface area (TPSA) is 20.2 Å². The quantitative estimate of drug-likeness (QED) is 0.760. The molecule has 0 fully saturated rings. The van der Waals surface area contributed by atoms with Crippen molar-refractivity contribution < 1.29 is 5.11 Å². The molecule has 0 aliphatic rings. The zero-order valence-corrected chi connectivity index (χ0v) is 7.88. The van der Waals surface area contributed by atoms with Crippen LogP contribution in [0.25, 0.3) is 0 Å². The molecule has 0 atom stereocenters. The summed E-state index contributed by atoms with van der Waals surface area (Å²) in [5.41, 5.74) is 0.734. The normalized spacial score (nSPS) is 9.00. The van der Waals surface area contributed by atoms with Crippen LogP contribution in [0.5, 0.6) is 0 Å². The first-order chi connectivity index (χ1) is 4.72. The van der Waals surface area contributed by atoms with E-state index >= 15 is 0 Å². The monoisotopic (exact) mass is 212 g/mol. The Morgan fingerprint density at radius 2 is 1.55 bits per heavy atom. The van der Waals surface area contributed by atoms with Gasteiger partial charge in [0, 0.05) is 10.0 Å². The van der Waals surface area contributed by atoms with Crippen molar-refractivity contribution >= 4 is 35.6 Å². The molecule has 1 nitrogen and oxygen atoms in total. The van der Waals surface area contributed by atoms with Crippen LogP contribution in [0.1, 0.15) is 5.56 Å². The Morgan fingerprint density at radius 1 is 1.09 bits per heavy atom. The van der Waals surface area contributed by atoms with Gasteiger partial charge in [-0.15, -0.1) is 12.4 Å². The molecule has 11 heavy (non-hydrogen) atoms. The third kappa shape index (κ3) is 3.30. The maximum absolute atomic E-state index is 8.67. The highest BCUT2D eigenvalue weighted by molar-refractivity contribution is 6.34. The van der Waals surface area contributed by atoms with E-state index in [1.54, 1.807) is 18.2 Å². The predicted octanol–water partition coefficient (Wildman–Crippen LogP) is 2.91. The lowest BCUT2D eigenvalue weighted by Crippen LogP contribution is -1.81. The Morgan fingerprint density at radius 3 is 1.91 bits per heavy atom. The second-order valence-electron chi connectivity index (χ2n) is 1.94. The maximum Gasteiger partial charge on any atom is 0.0682 e. The Hall–Kier alpha value is 0.0500. The van der Waals surface area contributed by atoms with Crippen LogP contribution in [0.2, 0.25) is 10.0 Å². The van der Waals surface area contributed by atoms with Gasteiger partial charge < -0.3 is 5.11 Å². The highest BCUT2D eigenvalue weighted by Gasteiger charge is 1.94. The molecule has 0 saturated heterocycles. The molecule has 0 aromatic heterocycles. The lowest BCUT2D eigenvalue weighted by atomic mass is 10.2. The summed E-state index contributed by atoms with van der Waals surface area (Å²) in [7, 11) is 0. The van der Waals surface area contributed by atoms with Crippen LogP contribution < -0.4 is 0 Å². The van der Waals surface area contributed by atoms with Gasteiger partial charge in [0.15, 0.2) is 0 Å². The number of benzene rings is 1. The van der Waals surface area contributed by atoms with E-state index in [0.717, 1.165) is 5.56 Å². The minimum atomic E-state index is -0.0275. The summed E-state index contributed by atoms with van der Waals surface area (Å²) >= 11 is 11.3. The highest BCUT2D eigenvalue weighted by Crippen LogP contribution is 2.18. The maximum atomic E-state index is 8.67. The van der Waals surface area contributed by atoms with E-state index in [0.29, 0.717) is 10.0 Å². The summed E-state index contributed by atoms with van der Waals surface area (Å²) in [6.07, 6.45) is 0. The minimum Gasteiger partial charge on any atom is -0.392 e. The second kappa shape index (κ2) is 4.83. The fourth-order valence-corrected chi connectivity index (χ4v) is 1.27. The molecule has 1 N–H and O–H groups in total. The molecule has 1 rings (SSSR count). The van der Waals surface area contributed by atoms with Gasteiger partial charge in [-0.25, -0.2) is 0 Å². The largest absolute Gasteiger partial charge is 0.392 e. The molecule has 4 heteroatoms. The van der Waals surface area contributed by atoms with E-state index in [9.17, 15) is 0 Å². The van der Waals surface area contributed by atoms with Crippen molar-refractivity contribution in [2.45, 2.75) is 6.61 Å². The minimum absolute atomic E-state index is 0. The summed E-state index contributed by atoms with van der Waals surface area (Å²) in [5.74, 6) is 0. The van der Waals surface area contributed by atoms with Crippen LogP contribution in [-0.4, -0.2) is 5.11 Å². The third-order valence-electron chi connectivity index (χ3n) is 1.10. The number of aliphatic hydroxyl groups excluding tert-OH is 1. The summed E-state index contributed by atoms with van der Waals surface area (Å²) in [6.45, 7) is -0.0275. The molecule has 0 saturated carbocycles. The van der Waals surface area contributed by atoms with Crippen LogP contribution in [0.15, 0.2) is 18.2 Å². The van der Waals surface area contributed by atoms with Gasteiger partial charge in [-0.1, -0.05) is 23.2 Å². The average molecular weight is 213 g/mol. The van der Waals surface area contributed by atoms with E-state index in [1.807, 2.05) is 0 Å². The number of halogens is 3. The van der Waals surface area contributed by atoms with Crippen LogP contribution in [0.4, 0.5) is 0 Å². The van der Waals surface area contributed by atoms with Gasteiger partial charge in [0.05, 0.1) is 6.61 Å². The van der Waals surface area contributed by atoms with Gasteiger partial charge in [-0.05, 0) is 23.8 Å². The van der Waals surface area contributed by atoms with Crippen LogP contribution >= 0.6 is 35.6 Å². The van der Waals surface area contributed by atoms with Crippen molar-refractivity contribution in [3.8, 4) is 0 Å². The number of rotatable bonds is 1. The molecule has 0 amide bonds. The van der Waals surface area contributed by atoms with Crippen molar-refractivity contribution in [3.63, 3.8) is 0 Å². The molecule has 0 aliphatic heterocycles. The Balaban J connectivity index is 0.000001000. The molecule has 0 bridgehead atoms. The summed E-state index contributed by atoms with van der Waals surface area (Å²) in [4.78, 5) is 0. The van der Waals surface area contributed by atoms with Crippen molar-refractivity contribution in [3.05, 3.63) is 33.8 Å². The van der Waals surface area contributed by atoms with Gasteiger partial charge in [-0.3, -0.25) is 0 Å². The number of hydrogen-bond donors (Lipinski definition) is 1. The molecule has 62 valence electrons. The van der Waals surface area contributed by atoms with E-state index < -0.39 is 0 Å². The van der Waals surface area contributed by atoms with E-state index in [2.05, 4.69) is 0 Å². The average Bonchev–Trinajstić information content (AvgIpc) is 1.85. The first-order valence-corrected chi connectivity index (χ1v) is 3.54. The predicted molar refractivity (Wildman–Crippen MR) is 49.6 cm³/mol. The van der Waals surface area contributed by atoms with Crippen molar-refractivity contribution in [1.82, 2.24) is 0 Å². The molecular formula is C7H7Cl3O. The summed E-state index contributed by atoms with van der Waals surface area (Å²) in [5, 5.41) is 9.77. The molecule has 0 heterocycles. The SMILES string of the molecule is Cl.OCc1cc(Cl)cc(Cl)c1. The highest BCUT2D eigenvalue weighted by atomic mass is 35.5. The van der Waals surface area contributed by atoms with Gasteiger partial charge in [0.2, 0.25) is 0 Å². The molecule has 1 aromatic carbocycles. The van der Waals surface area contributed by atoms with E-state index in [4.69, 9.17) is 28.3 Å². The molecule has 0 spiro atoms. The molecule has 0 radical (unpaired) electrons. The Bertz CT molecular complexity index is 217. The van der Waals surface area contributed by atoms with Crippen LogP contribution in [-0.2, 0) is 6.61 Å². The zero-order chi connectivity index (χ0) is 7.56. The fraction of sp³-hybridized carbons (Fsp3) is 0.143. The van der Waals surface area contributed by atoms with E-state index in [-0.39, 0.29) is 19.0 Å². The zero-order valence-electron chi connectivity index (χ0n) is 5.55. The van der Waals surface area contributed by atoms with Crippen molar-refractivity contribution in [2.75, 3.05) is 0 Å². The van der Waals surface area contributed by atoms with Gasteiger partial charge in [-0.2, -0.15) is 0 Å². The second-order valence-corrected chi connectivity index (χ2v) is 2.81. The third-order valence-corrected chi connectivity index (χ3v) is 1.54. The summed E-state index contributed by atoms with van der Waals surface area (Å²) < 4.78 is 0. The van der Waals surface area contributed by atoms with Gasteiger partial charge >= 0.3 is 0 Å². The standard InChI is InChI=1S/C7H6Cl2O.ClH/c8-6-1-5(4-10)2-7(9)3-6;/h1-3,10H,4H2;1H. The lowest BCUT2D eigenvalue weighted by Gasteiger charge is -1.96. The molecular weight excluding hydrogens is 206 g/mol. The van der Waals surface area contributed by atoms with Gasteiger partial charge in [0.1, 0.15) is 0 Å². The Kier molecular flexibility index (Phi) is 4.86.